The fourth-order valence-corrected chi connectivity index (χ4v) is 2.04. The summed E-state index contributed by atoms with van der Waals surface area (Å²) in [6, 6.07) is 1.74. The number of anilines is 1. The molecule has 2 rings (SSSR count). The van der Waals surface area contributed by atoms with Crippen molar-refractivity contribution in [3.8, 4) is 0 Å². The van der Waals surface area contributed by atoms with Gasteiger partial charge in [-0.15, -0.1) is 0 Å². The van der Waals surface area contributed by atoms with Crippen molar-refractivity contribution in [1.29, 1.82) is 0 Å². The Morgan fingerprint density at radius 2 is 1.94 bits per heavy atom. The second-order valence-electron chi connectivity index (χ2n) is 3.89. The van der Waals surface area contributed by atoms with E-state index in [2.05, 4.69) is 15.9 Å². The zero-order valence-electron chi connectivity index (χ0n) is 8.84. The minimum atomic E-state index is -0.811. The fraction of sp³-hybridized carbons (Fsp3) is 0.273. The number of hydrogen-bond donors (Lipinski definition) is 0. The van der Waals surface area contributed by atoms with Crippen molar-refractivity contribution in [2.75, 3.05) is 4.90 Å². The van der Waals surface area contributed by atoms with Gasteiger partial charge in [0.25, 0.3) is 0 Å². The van der Waals surface area contributed by atoms with Crippen LogP contribution in [0.25, 0.3) is 0 Å². The molecule has 17 heavy (non-hydrogen) atoms. The molecule has 0 N–H and O–H groups in total. The molecule has 0 saturated carbocycles. The number of hydrogen-bond acceptors (Lipinski definition) is 2. The molecule has 1 fully saturated rings. The van der Waals surface area contributed by atoms with Crippen molar-refractivity contribution in [3.05, 3.63) is 28.2 Å². The fourth-order valence-electron chi connectivity index (χ4n) is 1.72. The molecule has 1 aromatic rings. The average Bonchev–Trinajstić information content (AvgIpc) is 2.48. The molecule has 3 nitrogen and oxygen atoms in total. The van der Waals surface area contributed by atoms with Crippen molar-refractivity contribution < 1.29 is 18.4 Å². The Labute approximate surface area is 105 Å². The topological polar surface area (TPSA) is 37.4 Å². The Kier molecular flexibility index (Phi) is 2.99. The number of rotatable bonds is 1. The van der Waals surface area contributed by atoms with E-state index in [9.17, 15) is 18.4 Å². The Morgan fingerprint density at radius 3 is 2.47 bits per heavy atom. The second kappa shape index (κ2) is 4.18. The largest absolute Gasteiger partial charge is 0.274 e. The van der Waals surface area contributed by atoms with Crippen molar-refractivity contribution >= 4 is 33.4 Å². The lowest BCUT2D eigenvalue weighted by atomic mass is 10.1. The highest BCUT2D eigenvalue weighted by atomic mass is 79.9. The molecule has 0 bridgehead atoms. The summed E-state index contributed by atoms with van der Waals surface area (Å²) in [5, 5.41) is 0. The van der Waals surface area contributed by atoms with Crippen molar-refractivity contribution in [1.82, 2.24) is 0 Å². The smallest absolute Gasteiger partial charge is 0.237 e. The van der Waals surface area contributed by atoms with Gasteiger partial charge in [-0.2, -0.15) is 0 Å². The molecular formula is C11H8BrF2NO2. The molecule has 0 aromatic heterocycles. The molecule has 2 amide bonds. The highest BCUT2D eigenvalue weighted by Gasteiger charge is 2.38. The standard InChI is InChI=1S/C11H8BrF2NO2/c1-5-2-10(16)15(11(5)17)9-4-7(13)6(12)3-8(9)14/h3-5H,2H2,1H3. The van der Waals surface area contributed by atoms with Gasteiger partial charge in [0.2, 0.25) is 11.8 Å². The first kappa shape index (κ1) is 12.2. The van der Waals surface area contributed by atoms with Crippen LogP contribution in [0.2, 0.25) is 0 Å². The van der Waals surface area contributed by atoms with Crippen LogP contribution in [-0.2, 0) is 9.59 Å². The maximum Gasteiger partial charge on any atom is 0.237 e. The number of carbonyl (C=O) groups excluding carboxylic acids is 2. The molecule has 1 heterocycles. The van der Waals surface area contributed by atoms with Crippen LogP contribution >= 0.6 is 15.9 Å². The molecule has 1 saturated heterocycles. The molecular weight excluding hydrogens is 296 g/mol. The lowest BCUT2D eigenvalue weighted by Gasteiger charge is -2.15. The van der Waals surface area contributed by atoms with Crippen LogP contribution in [-0.4, -0.2) is 11.8 Å². The summed E-state index contributed by atoms with van der Waals surface area (Å²) in [6.07, 6.45) is 0.0238. The van der Waals surface area contributed by atoms with Gasteiger partial charge >= 0.3 is 0 Å². The van der Waals surface area contributed by atoms with Crippen LogP contribution in [0.4, 0.5) is 14.5 Å². The molecule has 6 heteroatoms. The van der Waals surface area contributed by atoms with E-state index < -0.39 is 29.4 Å². The molecule has 0 spiro atoms. The Hall–Kier alpha value is -1.30. The minimum absolute atomic E-state index is 0.0238. The first-order valence-electron chi connectivity index (χ1n) is 4.93. The summed E-state index contributed by atoms with van der Waals surface area (Å²) in [5.41, 5.74) is -0.329. The van der Waals surface area contributed by atoms with E-state index in [4.69, 9.17) is 0 Å². The first-order valence-corrected chi connectivity index (χ1v) is 5.72. The van der Waals surface area contributed by atoms with Gasteiger partial charge in [-0.1, -0.05) is 6.92 Å². The highest BCUT2D eigenvalue weighted by Crippen LogP contribution is 2.31. The number of halogens is 3. The first-order chi connectivity index (χ1) is 7.91. The van der Waals surface area contributed by atoms with Gasteiger partial charge in [0.05, 0.1) is 10.2 Å². The van der Waals surface area contributed by atoms with Crippen LogP contribution < -0.4 is 4.90 Å². The third-order valence-electron chi connectivity index (χ3n) is 2.60. The zero-order valence-corrected chi connectivity index (χ0v) is 10.4. The van der Waals surface area contributed by atoms with Crippen LogP contribution in [0.3, 0.4) is 0 Å². The summed E-state index contributed by atoms with van der Waals surface area (Å²) in [4.78, 5) is 23.9. The molecule has 1 aliphatic rings. The molecule has 1 aromatic carbocycles. The Bertz CT molecular complexity index is 518. The number of benzene rings is 1. The van der Waals surface area contributed by atoms with E-state index in [0.29, 0.717) is 4.90 Å². The van der Waals surface area contributed by atoms with Gasteiger partial charge in [-0.3, -0.25) is 9.59 Å². The van der Waals surface area contributed by atoms with E-state index >= 15 is 0 Å². The second-order valence-corrected chi connectivity index (χ2v) is 4.74. The summed E-state index contributed by atoms with van der Waals surface area (Å²) in [6.45, 7) is 1.58. The molecule has 90 valence electrons. The number of amides is 2. The molecule has 1 atom stereocenters. The van der Waals surface area contributed by atoms with Crippen molar-refractivity contribution in [3.63, 3.8) is 0 Å². The highest BCUT2D eigenvalue weighted by molar-refractivity contribution is 9.10. The van der Waals surface area contributed by atoms with E-state index in [1.54, 1.807) is 6.92 Å². The normalized spacial score (nSPS) is 20.2. The Balaban J connectivity index is 2.51. The van der Waals surface area contributed by atoms with E-state index in [-0.39, 0.29) is 16.6 Å². The molecule has 1 unspecified atom stereocenters. The predicted molar refractivity (Wildman–Crippen MR) is 60.3 cm³/mol. The predicted octanol–water partition coefficient (Wildman–Crippen LogP) is 2.63. The van der Waals surface area contributed by atoms with Gasteiger partial charge in [0.15, 0.2) is 0 Å². The van der Waals surface area contributed by atoms with Gasteiger partial charge in [-0.05, 0) is 22.0 Å². The van der Waals surface area contributed by atoms with E-state index in [1.165, 1.54) is 0 Å². The van der Waals surface area contributed by atoms with Crippen LogP contribution in [0.1, 0.15) is 13.3 Å². The van der Waals surface area contributed by atoms with E-state index in [0.717, 1.165) is 12.1 Å². The number of carbonyl (C=O) groups is 2. The third kappa shape index (κ3) is 1.97. The van der Waals surface area contributed by atoms with Gasteiger partial charge in [-0.25, -0.2) is 13.7 Å². The minimum Gasteiger partial charge on any atom is -0.274 e. The quantitative estimate of drug-likeness (QED) is 0.591. The number of imide groups is 1. The monoisotopic (exact) mass is 303 g/mol. The SMILES string of the molecule is CC1CC(=O)N(c2cc(F)c(Br)cc2F)C1=O. The summed E-state index contributed by atoms with van der Waals surface area (Å²) >= 11 is 2.83. The zero-order chi connectivity index (χ0) is 12.7. The summed E-state index contributed by atoms with van der Waals surface area (Å²) in [5.74, 6) is -3.04. The van der Waals surface area contributed by atoms with Crippen molar-refractivity contribution in [2.24, 2.45) is 5.92 Å². The Morgan fingerprint density at radius 1 is 1.29 bits per heavy atom. The maximum absolute atomic E-state index is 13.6. The molecule has 0 aliphatic carbocycles. The summed E-state index contributed by atoms with van der Waals surface area (Å²) < 4.78 is 26.9. The van der Waals surface area contributed by atoms with Gasteiger partial charge in [0, 0.05) is 18.4 Å². The molecule has 1 aliphatic heterocycles. The van der Waals surface area contributed by atoms with Crippen LogP contribution in [0.5, 0.6) is 0 Å². The third-order valence-corrected chi connectivity index (χ3v) is 3.21. The number of nitrogens with zero attached hydrogens (tertiary/aromatic N) is 1. The maximum atomic E-state index is 13.6. The van der Waals surface area contributed by atoms with Gasteiger partial charge in [0.1, 0.15) is 11.6 Å². The van der Waals surface area contributed by atoms with Crippen LogP contribution in [0.15, 0.2) is 16.6 Å². The summed E-state index contributed by atoms with van der Waals surface area (Å²) in [7, 11) is 0. The lowest BCUT2D eigenvalue weighted by molar-refractivity contribution is -0.122. The molecule has 0 radical (unpaired) electrons. The van der Waals surface area contributed by atoms with Gasteiger partial charge < -0.3 is 0 Å². The van der Waals surface area contributed by atoms with Crippen molar-refractivity contribution in [2.45, 2.75) is 13.3 Å². The van der Waals surface area contributed by atoms with Crippen LogP contribution in [0, 0.1) is 17.6 Å². The lowest BCUT2D eigenvalue weighted by Crippen LogP contribution is -2.31. The van der Waals surface area contributed by atoms with E-state index in [1.807, 2.05) is 0 Å². The average molecular weight is 304 g/mol.